The number of carbonyl (C=O) groups is 1. The lowest BCUT2D eigenvalue weighted by Crippen LogP contribution is -2.50. The third-order valence-corrected chi connectivity index (χ3v) is 4.59. The Morgan fingerprint density at radius 2 is 1.79 bits per heavy atom. The van der Waals surface area contributed by atoms with Crippen LogP contribution in [0.25, 0.3) is 0 Å². The highest BCUT2D eigenvalue weighted by molar-refractivity contribution is 6.30. The van der Waals surface area contributed by atoms with E-state index >= 15 is 0 Å². The molecule has 1 aliphatic rings. The van der Waals surface area contributed by atoms with Crippen LogP contribution in [-0.2, 0) is 6.42 Å². The first-order valence-corrected chi connectivity index (χ1v) is 8.69. The van der Waals surface area contributed by atoms with Gasteiger partial charge in [-0.25, -0.2) is 4.79 Å². The van der Waals surface area contributed by atoms with Crippen molar-refractivity contribution < 1.29 is 4.79 Å². The predicted molar refractivity (Wildman–Crippen MR) is 100 cm³/mol. The van der Waals surface area contributed by atoms with Crippen LogP contribution in [0.4, 0.5) is 16.2 Å². The lowest BCUT2D eigenvalue weighted by molar-refractivity contribution is 0.208. The zero-order chi connectivity index (χ0) is 16.9. The van der Waals surface area contributed by atoms with Crippen molar-refractivity contribution >= 4 is 29.0 Å². The lowest BCUT2D eigenvalue weighted by atomic mass is 10.1. The number of hydrogen-bond acceptors (Lipinski definition) is 2. The molecule has 5 heteroatoms. The standard InChI is InChI=1S/C19H22ClN3O/c1-2-15-6-8-17(9-7-15)21-19(24)23-12-10-22(11-13-23)18-5-3-4-16(20)14-18/h3-9,14H,2,10-13H2,1H3,(H,21,24). The number of urea groups is 1. The van der Waals surface area contributed by atoms with Crippen LogP contribution in [0.1, 0.15) is 12.5 Å². The van der Waals surface area contributed by atoms with E-state index in [9.17, 15) is 4.79 Å². The zero-order valence-corrected chi connectivity index (χ0v) is 14.6. The Balaban J connectivity index is 1.54. The zero-order valence-electron chi connectivity index (χ0n) is 13.8. The normalized spacial score (nSPS) is 14.6. The maximum Gasteiger partial charge on any atom is 0.321 e. The summed E-state index contributed by atoms with van der Waals surface area (Å²) in [7, 11) is 0. The van der Waals surface area contributed by atoms with E-state index in [4.69, 9.17) is 11.6 Å². The molecule has 2 amide bonds. The minimum Gasteiger partial charge on any atom is -0.368 e. The number of hydrogen-bond donors (Lipinski definition) is 1. The smallest absolute Gasteiger partial charge is 0.321 e. The van der Waals surface area contributed by atoms with Crippen LogP contribution in [0, 0.1) is 0 Å². The van der Waals surface area contributed by atoms with Crippen LogP contribution >= 0.6 is 11.6 Å². The van der Waals surface area contributed by atoms with Gasteiger partial charge in [-0.3, -0.25) is 0 Å². The Bertz CT molecular complexity index is 694. The molecule has 1 fully saturated rings. The number of nitrogens with zero attached hydrogens (tertiary/aromatic N) is 2. The van der Waals surface area contributed by atoms with Crippen molar-refractivity contribution in [3.05, 3.63) is 59.1 Å². The van der Waals surface area contributed by atoms with E-state index in [1.165, 1.54) is 5.56 Å². The molecule has 3 rings (SSSR count). The molecule has 1 heterocycles. The molecule has 0 spiro atoms. The van der Waals surface area contributed by atoms with Gasteiger partial charge in [-0.1, -0.05) is 36.7 Å². The molecule has 2 aromatic carbocycles. The van der Waals surface area contributed by atoms with Gasteiger partial charge in [0, 0.05) is 42.6 Å². The minimum absolute atomic E-state index is 0.0370. The monoisotopic (exact) mass is 343 g/mol. The van der Waals surface area contributed by atoms with E-state index in [-0.39, 0.29) is 6.03 Å². The third kappa shape index (κ3) is 4.01. The molecule has 24 heavy (non-hydrogen) atoms. The molecule has 0 saturated carbocycles. The van der Waals surface area contributed by atoms with Crippen LogP contribution in [0.2, 0.25) is 5.02 Å². The summed E-state index contributed by atoms with van der Waals surface area (Å²) in [6.07, 6.45) is 1.000. The number of halogens is 1. The molecule has 0 bridgehead atoms. The summed E-state index contributed by atoms with van der Waals surface area (Å²) in [5, 5.41) is 3.71. The average Bonchev–Trinajstić information content (AvgIpc) is 2.62. The van der Waals surface area contributed by atoms with Gasteiger partial charge in [0.05, 0.1) is 0 Å². The molecular weight excluding hydrogens is 322 g/mol. The number of amides is 2. The molecular formula is C19H22ClN3O. The summed E-state index contributed by atoms with van der Waals surface area (Å²) in [6.45, 7) is 5.13. The number of piperazine rings is 1. The van der Waals surface area contributed by atoms with Gasteiger partial charge in [0.25, 0.3) is 0 Å². The van der Waals surface area contributed by atoms with E-state index in [1.54, 1.807) is 0 Å². The van der Waals surface area contributed by atoms with Gasteiger partial charge in [0.1, 0.15) is 0 Å². The summed E-state index contributed by atoms with van der Waals surface area (Å²) in [5.41, 5.74) is 3.22. The van der Waals surface area contributed by atoms with Crippen molar-refractivity contribution in [2.45, 2.75) is 13.3 Å². The Morgan fingerprint density at radius 3 is 2.42 bits per heavy atom. The van der Waals surface area contributed by atoms with Crippen molar-refractivity contribution in [1.29, 1.82) is 0 Å². The molecule has 0 aromatic heterocycles. The Kier molecular flexibility index (Phi) is 5.26. The lowest BCUT2D eigenvalue weighted by Gasteiger charge is -2.36. The second-order valence-corrected chi connectivity index (χ2v) is 6.37. The van der Waals surface area contributed by atoms with Gasteiger partial charge in [0.15, 0.2) is 0 Å². The van der Waals surface area contributed by atoms with Gasteiger partial charge in [-0.05, 0) is 42.3 Å². The quantitative estimate of drug-likeness (QED) is 0.904. The van der Waals surface area contributed by atoms with E-state index in [0.29, 0.717) is 13.1 Å². The minimum atomic E-state index is -0.0370. The molecule has 1 N–H and O–H groups in total. The predicted octanol–water partition coefficient (Wildman–Crippen LogP) is 4.26. The van der Waals surface area contributed by atoms with E-state index in [1.807, 2.05) is 47.4 Å². The number of aryl methyl sites for hydroxylation is 1. The van der Waals surface area contributed by atoms with Crippen LogP contribution in [0.5, 0.6) is 0 Å². The summed E-state index contributed by atoms with van der Waals surface area (Å²) >= 11 is 6.05. The molecule has 1 aliphatic heterocycles. The second-order valence-electron chi connectivity index (χ2n) is 5.93. The summed E-state index contributed by atoms with van der Waals surface area (Å²) < 4.78 is 0. The first kappa shape index (κ1) is 16.7. The fraction of sp³-hybridized carbons (Fsp3) is 0.316. The SMILES string of the molecule is CCc1ccc(NC(=O)N2CCN(c3cccc(Cl)c3)CC2)cc1. The molecule has 1 saturated heterocycles. The second kappa shape index (κ2) is 7.58. The number of carbonyl (C=O) groups excluding carboxylic acids is 1. The highest BCUT2D eigenvalue weighted by atomic mass is 35.5. The summed E-state index contributed by atoms with van der Waals surface area (Å²) in [4.78, 5) is 16.5. The van der Waals surface area contributed by atoms with Crippen LogP contribution in [-0.4, -0.2) is 37.1 Å². The Hall–Kier alpha value is -2.20. The van der Waals surface area contributed by atoms with Crippen molar-refractivity contribution in [3.63, 3.8) is 0 Å². The van der Waals surface area contributed by atoms with Crippen LogP contribution < -0.4 is 10.2 Å². The fourth-order valence-electron chi connectivity index (χ4n) is 2.87. The molecule has 4 nitrogen and oxygen atoms in total. The highest BCUT2D eigenvalue weighted by Gasteiger charge is 2.21. The molecule has 2 aromatic rings. The molecule has 0 unspecified atom stereocenters. The van der Waals surface area contributed by atoms with E-state index in [0.717, 1.165) is 35.9 Å². The van der Waals surface area contributed by atoms with E-state index < -0.39 is 0 Å². The van der Waals surface area contributed by atoms with Crippen molar-refractivity contribution in [2.24, 2.45) is 0 Å². The fourth-order valence-corrected chi connectivity index (χ4v) is 3.05. The molecule has 0 radical (unpaired) electrons. The third-order valence-electron chi connectivity index (χ3n) is 4.35. The van der Waals surface area contributed by atoms with Crippen molar-refractivity contribution in [2.75, 3.05) is 36.4 Å². The first-order chi connectivity index (χ1) is 11.7. The maximum atomic E-state index is 12.4. The number of benzene rings is 2. The van der Waals surface area contributed by atoms with Gasteiger partial charge < -0.3 is 15.1 Å². The Morgan fingerprint density at radius 1 is 1.08 bits per heavy atom. The van der Waals surface area contributed by atoms with Crippen molar-refractivity contribution in [1.82, 2.24) is 4.90 Å². The Labute approximate surface area is 148 Å². The topological polar surface area (TPSA) is 35.6 Å². The number of rotatable bonds is 3. The average molecular weight is 344 g/mol. The summed E-state index contributed by atoms with van der Waals surface area (Å²) in [5.74, 6) is 0. The van der Waals surface area contributed by atoms with Gasteiger partial charge in [-0.15, -0.1) is 0 Å². The molecule has 0 atom stereocenters. The first-order valence-electron chi connectivity index (χ1n) is 8.31. The van der Waals surface area contributed by atoms with Gasteiger partial charge in [-0.2, -0.15) is 0 Å². The van der Waals surface area contributed by atoms with Crippen LogP contribution in [0.3, 0.4) is 0 Å². The summed E-state index contributed by atoms with van der Waals surface area (Å²) in [6, 6.07) is 15.8. The number of nitrogens with one attached hydrogen (secondary N) is 1. The van der Waals surface area contributed by atoms with Crippen LogP contribution in [0.15, 0.2) is 48.5 Å². The molecule has 0 aliphatic carbocycles. The maximum absolute atomic E-state index is 12.4. The van der Waals surface area contributed by atoms with Crippen molar-refractivity contribution in [3.8, 4) is 0 Å². The van der Waals surface area contributed by atoms with Gasteiger partial charge >= 0.3 is 6.03 Å². The van der Waals surface area contributed by atoms with Gasteiger partial charge in [0.2, 0.25) is 0 Å². The largest absolute Gasteiger partial charge is 0.368 e. The molecule has 126 valence electrons. The highest BCUT2D eigenvalue weighted by Crippen LogP contribution is 2.21. The number of anilines is 2. The van der Waals surface area contributed by atoms with E-state index in [2.05, 4.69) is 23.2 Å².